The lowest BCUT2D eigenvalue weighted by Crippen LogP contribution is -2.07. The van der Waals surface area contributed by atoms with E-state index in [4.69, 9.17) is 5.73 Å². The van der Waals surface area contributed by atoms with E-state index in [9.17, 15) is 5.11 Å². The van der Waals surface area contributed by atoms with Gasteiger partial charge in [-0.2, -0.15) is 4.98 Å². The Labute approximate surface area is 122 Å². The van der Waals surface area contributed by atoms with Gasteiger partial charge in [-0.25, -0.2) is 4.98 Å². The van der Waals surface area contributed by atoms with Gasteiger partial charge < -0.3 is 16.2 Å². The Morgan fingerprint density at radius 2 is 2.30 bits per heavy atom. The van der Waals surface area contributed by atoms with Crippen LogP contribution in [-0.4, -0.2) is 21.7 Å². The SMILES string of the molecule is CCCCC=C(CO)Nc1nc(N)nc2c(C)csc12. The Kier molecular flexibility index (Phi) is 4.92. The number of aromatic nitrogens is 2. The summed E-state index contributed by atoms with van der Waals surface area (Å²) in [6.45, 7) is 4.10. The summed E-state index contributed by atoms with van der Waals surface area (Å²) in [5, 5.41) is 14.6. The molecule has 0 bridgehead atoms. The van der Waals surface area contributed by atoms with Crippen LogP contribution in [0.15, 0.2) is 17.2 Å². The van der Waals surface area contributed by atoms with Crippen LogP contribution in [0.5, 0.6) is 0 Å². The van der Waals surface area contributed by atoms with Crippen molar-refractivity contribution >= 4 is 33.3 Å². The molecule has 0 radical (unpaired) electrons. The highest BCUT2D eigenvalue weighted by atomic mass is 32.1. The minimum absolute atomic E-state index is 0.0422. The molecule has 2 heterocycles. The van der Waals surface area contributed by atoms with Crippen LogP contribution in [0.1, 0.15) is 31.7 Å². The Hall–Kier alpha value is -1.66. The molecule has 108 valence electrons. The van der Waals surface area contributed by atoms with Crippen molar-refractivity contribution in [3.63, 3.8) is 0 Å². The highest BCUT2D eigenvalue weighted by Crippen LogP contribution is 2.30. The summed E-state index contributed by atoms with van der Waals surface area (Å²) in [5.41, 5.74) is 8.46. The number of thiophene rings is 1. The summed E-state index contributed by atoms with van der Waals surface area (Å²) >= 11 is 1.58. The first-order valence-electron chi connectivity index (χ1n) is 6.74. The summed E-state index contributed by atoms with van der Waals surface area (Å²) in [6.07, 6.45) is 5.18. The Morgan fingerprint density at radius 1 is 1.50 bits per heavy atom. The van der Waals surface area contributed by atoms with Gasteiger partial charge in [-0.05, 0) is 24.3 Å². The molecule has 0 aliphatic heterocycles. The minimum atomic E-state index is -0.0422. The monoisotopic (exact) mass is 292 g/mol. The zero-order valence-electron chi connectivity index (χ0n) is 11.8. The number of hydrogen-bond acceptors (Lipinski definition) is 6. The molecule has 2 rings (SSSR count). The topological polar surface area (TPSA) is 84.1 Å². The molecule has 0 saturated carbocycles. The van der Waals surface area contributed by atoms with Gasteiger partial charge in [0.15, 0.2) is 5.82 Å². The smallest absolute Gasteiger partial charge is 0.222 e. The summed E-state index contributed by atoms with van der Waals surface area (Å²) < 4.78 is 0.964. The molecule has 0 saturated heterocycles. The molecule has 2 aromatic heterocycles. The van der Waals surface area contributed by atoms with Crippen molar-refractivity contribution in [1.29, 1.82) is 0 Å². The molecule has 4 N–H and O–H groups in total. The molecular weight excluding hydrogens is 272 g/mol. The van der Waals surface area contributed by atoms with Gasteiger partial charge >= 0.3 is 0 Å². The van der Waals surface area contributed by atoms with Gasteiger partial charge in [0, 0.05) is 5.70 Å². The third kappa shape index (κ3) is 3.26. The van der Waals surface area contributed by atoms with Crippen LogP contribution in [0.3, 0.4) is 0 Å². The minimum Gasteiger partial charge on any atom is -0.390 e. The van der Waals surface area contributed by atoms with E-state index in [1.807, 2.05) is 18.4 Å². The number of nitrogens with two attached hydrogens (primary N) is 1. The van der Waals surface area contributed by atoms with Gasteiger partial charge in [-0.15, -0.1) is 11.3 Å². The first-order chi connectivity index (χ1) is 9.65. The summed E-state index contributed by atoms with van der Waals surface area (Å²) in [6, 6.07) is 0. The van der Waals surface area contributed by atoms with Gasteiger partial charge in [0.05, 0.1) is 16.8 Å². The molecule has 0 aliphatic rings. The van der Waals surface area contributed by atoms with Crippen LogP contribution in [0.2, 0.25) is 0 Å². The van der Waals surface area contributed by atoms with Crippen LogP contribution >= 0.6 is 11.3 Å². The number of anilines is 2. The molecule has 5 nitrogen and oxygen atoms in total. The Balaban J connectivity index is 2.30. The molecule has 0 aliphatic carbocycles. The number of nitrogens with zero attached hydrogens (tertiary/aromatic N) is 2. The lowest BCUT2D eigenvalue weighted by molar-refractivity contribution is 0.332. The van der Waals surface area contributed by atoms with E-state index >= 15 is 0 Å². The highest BCUT2D eigenvalue weighted by molar-refractivity contribution is 7.18. The van der Waals surface area contributed by atoms with E-state index in [1.54, 1.807) is 11.3 Å². The third-order valence-corrected chi connectivity index (χ3v) is 4.10. The van der Waals surface area contributed by atoms with Crippen molar-refractivity contribution in [2.45, 2.75) is 33.1 Å². The maximum Gasteiger partial charge on any atom is 0.222 e. The average Bonchev–Trinajstić information content (AvgIpc) is 2.79. The van der Waals surface area contributed by atoms with Crippen molar-refractivity contribution in [2.24, 2.45) is 0 Å². The van der Waals surface area contributed by atoms with E-state index in [-0.39, 0.29) is 12.6 Å². The van der Waals surface area contributed by atoms with Crippen molar-refractivity contribution < 1.29 is 5.11 Å². The van der Waals surface area contributed by atoms with Gasteiger partial charge in [0.25, 0.3) is 0 Å². The summed E-state index contributed by atoms with van der Waals surface area (Å²) in [4.78, 5) is 8.50. The number of fused-ring (bicyclic) bond motifs is 1. The van der Waals surface area contributed by atoms with E-state index in [2.05, 4.69) is 22.2 Å². The highest BCUT2D eigenvalue weighted by Gasteiger charge is 2.11. The van der Waals surface area contributed by atoms with Crippen LogP contribution < -0.4 is 11.1 Å². The fraction of sp³-hybridized carbons (Fsp3) is 0.429. The molecule has 20 heavy (non-hydrogen) atoms. The summed E-state index contributed by atoms with van der Waals surface area (Å²) in [5.74, 6) is 0.912. The molecule has 0 amide bonds. The molecule has 6 heteroatoms. The third-order valence-electron chi connectivity index (χ3n) is 3.01. The number of unbranched alkanes of at least 4 members (excludes halogenated alkanes) is 2. The number of nitrogens with one attached hydrogen (secondary N) is 1. The number of hydrogen-bond donors (Lipinski definition) is 3. The Bertz CT molecular complexity index is 621. The Morgan fingerprint density at radius 3 is 3.00 bits per heavy atom. The number of rotatable bonds is 6. The van der Waals surface area contributed by atoms with Gasteiger partial charge in [-0.3, -0.25) is 0 Å². The molecule has 0 fully saturated rings. The van der Waals surface area contributed by atoms with Crippen molar-refractivity contribution in [1.82, 2.24) is 9.97 Å². The van der Waals surface area contributed by atoms with E-state index < -0.39 is 0 Å². The molecule has 0 spiro atoms. The van der Waals surface area contributed by atoms with Crippen LogP contribution in [0, 0.1) is 6.92 Å². The number of allylic oxidation sites excluding steroid dienone is 1. The number of aliphatic hydroxyl groups excluding tert-OH is 1. The summed E-state index contributed by atoms with van der Waals surface area (Å²) in [7, 11) is 0. The number of nitrogen functional groups attached to an aromatic ring is 1. The molecule has 2 aromatic rings. The normalized spacial score (nSPS) is 12.1. The zero-order chi connectivity index (χ0) is 14.5. The van der Waals surface area contributed by atoms with Crippen molar-refractivity contribution in [3.8, 4) is 0 Å². The maximum atomic E-state index is 9.43. The van der Waals surface area contributed by atoms with Gasteiger partial charge in [0.1, 0.15) is 0 Å². The fourth-order valence-corrected chi connectivity index (χ4v) is 2.85. The molecule has 0 unspecified atom stereocenters. The second-order valence-electron chi connectivity index (χ2n) is 4.68. The van der Waals surface area contributed by atoms with Crippen molar-refractivity contribution in [3.05, 3.63) is 22.7 Å². The quantitative estimate of drug-likeness (QED) is 0.713. The molecule has 0 aromatic carbocycles. The largest absolute Gasteiger partial charge is 0.390 e. The predicted molar refractivity (Wildman–Crippen MR) is 84.9 cm³/mol. The van der Waals surface area contributed by atoms with E-state index in [1.165, 1.54) is 0 Å². The zero-order valence-corrected chi connectivity index (χ0v) is 12.6. The molecular formula is C14H20N4OS. The van der Waals surface area contributed by atoms with Crippen LogP contribution in [0.25, 0.3) is 10.2 Å². The van der Waals surface area contributed by atoms with Crippen LogP contribution in [-0.2, 0) is 0 Å². The first-order valence-corrected chi connectivity index (χ1v) is 7.62. The molecule has 0 atom stereocenters. The lowest BCUT2D eigenvalue weighted by atomic mass is 10.2. The van der Waals surface area contributed by atoms with Gasteiger partial charge in [0.2, 0.25) is 5.95 Å². The lowest BCUT2D eigenvalue weighted by Gasteiger charge is -2.09. The van der Waals surface area contributed by atoms with Gasteiger partial charge in [-0.1, -0.05) is 25.8 Å². The first kappa shape index (κ1) is 14.7. The maximum absolute atomic E-state index is 9.43. The number of aliphatic hydroxyl groups is 1. The average molecular weight is 292 g/mol. The van der Waals surface area contributed by atoms with E-state index in [0.717, 1.165) is 40.7 Å². The van der Waals surface area contributed by atoms with Crippen LogP contribution in [0.4, 0.5) is 11.8 Å². The fourth-order valence-electron chi connectivity index (χ4n) is 1.92. The second kappa shape index (κ2) is 6.67. The van der Waals surface area contributed by atoms with Crippen molar-refractivity contribution in [2.75, 3.05) is 17.7 Å². The number of aryl methyl sites for hydroxylation is 1. The van der Waals surface area contributed by atoms with E-state index in [0.29, 0.717) is 5.82 Å². The standard InChI is InChI=1S/C14H20N4OS/c1-3-4-5-6-10(7-19)16-13-12-11(9(2)8-20-12)17-14(15)18-13/h6,8,19H,3-5,7H2,1-2H3,(H3,15,16,17,18). The second-order valence-corrected chi connectivity index (χ2v) is 5.56. The predicted octanol–water partition coefficient (Wildman–Crippen LogP) is 3.06.